The van der Waals surface area contributed by atoms with Crippen molar-refractivity contribution in [2.45, 2.75) is 251 Å². The van der Waals surface area contributed by atoms with E-state index in [1.165, 1.54) is 148 Å². The van der Waals surface area contributed by atoms with Gasteiger partial charge >= 0.3 is 11.9 Å². The number of aliphatic hydroxyl groups excluding tert-OH is 1. The fourth-order valence-corrected chi connectivity index (χ4v) is 7.38. The zero-order valence-electron chi connectivity index (χ0n) is 41.8. The number of allylic oxidation sites excluding steroid dienone is 16. The summed E-state index contributed by atoms with van der Waals surface area (Å²) in [4.78, 5) is 24.4. The Morgan fingerprint density at radius 2 is 0.703 bits per heavy atom. The first kappa shape index (κ1) is 60.8. The number of hydrogen-bond acceptors (Lipinski definition) is 5. The summed E-state index contributed by atoms with van der Waals surface area (Å²) in [6.45, 7) is 3.96. The first-order valence-corrected chi connectivity index (χ1v) is 26.8. The summed E-state index contributed by atoms with van der Waals surface area (Å²) >= 11 is 0. The molecule has 0 aromatic heterocycles. The van der Waals surface area contributed by atoms with Crippen molar-refractivity contribution >= 4 is 11.9 Å². The van der Waals surface area contributed by atoms with Gasteiger partial charge in [-0.1, -0.05) is 246 Å². The van der Waals surface area contributed by atoms with E-state index in [4.69, 9.17) is 9.47 Å². The molecule has 5 nitrogen and oxygen atoms in total. The van der Waals surface area contributed by atoms with Crippen molar-refractivity contribution in [3.8, 4) is 0 Å². The molecule has 0 radical (unpaired) electrons. The number of carbonyl (C=O) groups is 2. The normalized spacial score (nSPS) is 13.0. The van der Waals surface area contributed by atoms with Crippen LogP contribution in [0.3, 0.4) is 0 Å². The summed E-state index contributed by atoms with van der Waals surface area (Å²) in [6, 6.07) is 0. The summed E-state index contributed by atoms with van der Waals surface area (Å²) in [5.41, 5.74) is 0. The van der Waals surface area contributed by atoms with Crippen molar-refractivity contribution in [1.82, 2.24) is 0 Å². The van der Waals surface area contributed by atoms with Crippen LogP contribution in [0.2, 0.25) is 0 Å². The van der Waals surface area contributed by atoms with E-state index in [0.717, 1.165) is 64.2 Å². The molecule has 1 N–H and O–H groups in total. The topological polar surface area (TPSA) is 72.8 Å². The first-order valence-electron chi connectivity index (χ1n) is 26.8. The Kier molecular flexibility index (Phi) is 51.5. The SMILES string of the molecule is CC/C=C\C/C=C\C/C=C\C/C=C\C/C=C\C/C=C\CCC(=O)OC(CO)COC(=O)CCCCCCCCCCCCCCCCCCCCC/C=C\C/C=C\CCCCCCC. The Balaban J connectivity index is 3.54. The van der Waals surface area contributed by atoms with Gasteiger partial charge in [0.05, 0.1) is 6.61 Å². The first-order chi connectivity index (χ1) is 31.6. The Bertz CT molecular complexity index is 1230. The number of ether oxygens (including phenoxy) is 2. The van der Waals surface area contributed by atoms with Crippen LogP contribution in [-0.2, 0) is 19.1 Å². The fourth-order valence-electron chi connectivity index (χ4n) is 7.38. The molecule has 0 bridgehead atoms. The van der Waals surface area contributed by atoms with Crippen LogP contribution in [0.4, 0.5) is 0 Å². The summed E-state index contributed by atoms with van der Waals surface area (Å²) in [5.74, 6) is -0.687. The van der Waals surface area contributed by atoms with Crippen LogP contribution in [0.1, 0.15) is 245 Å². The van der Waals surface area contributed by atoms with Gasteiger partial charge in [-0.2, -0.15) is 0 Å². The van der Waals surface area contributed by atoms with Crippen molar-refractivity contribution in [3.05, 3.63) is 97.2 Å². The van der Waals surface area contributed by atoms with Crippen molar-refractivity contribution in [2.24, 2.45) is 0 Å². The summed E-state index contributed by atoms with van der Waals surface area (Å²) in [6.07, 6.45) is 76.7. The molecule has 0 spiro atoms. The van der Waals surface area contributed by atoms with Gasteiger partial charge in [0.2, 0.25) is 0 Å². The van der Waals surface area contributed by atoms with E-state index in [1.54, 1.807) is 0 Å². The lowest BCUT2D eigenvalue weighted by Crippen LogP contribution is -2.28. The van der Waals surface area contributed by atoms with Crippen molar-refractivity contribution < 1.29 is 24.2 Å². The van der Waals surface area contributed by atoms with Gasteiger partial charge in [-0.05, 0) is 83.5 Å². The second-order valence-electron chi connectivity index (χ2n) is 17.6. The second-order valence-corrected chi connectivity index (χ2v) is 17.6. The quantitative estimate of drug-likeness (QED) is 0.0374. The highest BCUT2D eigenvalue weighted by atomic mass is 16.6. The third kappa shape index (κ3) is 51.5. The predicted octanol–water partition coefficient (Wildman–Crippen LogP) is 18.0. The molecule has 1 atom stereocenters. The van der Waals surface area contributed by atoms with Crippen molar-refractivity contribution in [2.75, 3.05) is 13.2 Å². The van der Waals surface area contributed by atoms with Crippen molar-refractivity contribution in [1.29, 1.82) is 0 Å². The maximum Gasteiger partial charge on any atom is 0.306 e. The lowest BCUT2D eigenvalue weighted by molar-refractivity contribution is -0.161. The van der Waals surface area contributed by atoms with E-state index in [1.807, 2.05) is 12.2 Å². The average molecular weight is 889 g/mol. The molecule has 366 valence electrons. The van der Waals surface area contributed by atoms with Crippen LogP contribution in [0.25, 0.3) is 0 Å². The fraction of sp³-hybridized carbons (Fsp3) is 0.695. The van der Waals surface area contributed by atoms with Gasteiger partial charge in [0.15, 0.2) is 6.10 Å². The molecule has 0 aliphatic heterocycles. The molecular formula is C59H100O5. The Hall–Kier alpha value is -3.18. The highest BCUT2D eigenvalue weighted by molar-refractivity contribution is 5.70. The molecular weight excluding hydrogens is 789 g/mol. The van der Waals surface area contributed by atoms with E-state index in [0.29, 0.717) is 12.8 Å². The zero-order valence-corrected chi connectivity index (χ0v) is 41.8. The van der Waals surface area contributed by atoms with Crippen LogP contribution in [0.15, 0.2) is 97.2 Å². The lowest BCUT2D eigenvalue weighted by Gasteiger charge is -2.15. The molecule has 1 unspecified atom stereocenters. The number of unbranched alkanes of at least 4 members (excludes halogenated alkanes) is 24. The van der Waals surface area contributed by atoms with Crippen LogP contribution in [-0.4, -0.2) is 36.4 Å². The molecule has 0 amide bonds. The number of carbonyl (C=O) groups excluding carboxylic acids is 2. The molecule has 0 fully saturated rings. The van der Waals surface area contributed by atoms with Crippen LogP contribution < -0.4 is 0 Å². The molecule has 0 saturated heterocycles. The second kappa shape index (κ2) is 54.2. The molecule has 0 aromatic carbocycles. The highest BCUT2D eigenvalue weighted by Crippen LogP contribution is 2.16. The maximum atomic E-state index is 12.2. The van der Waals surface area contributed by atoms with E-state index in [-0.39, 0.29) is 25.6 Å². The molecule has 0 aliphatic carbocycles. The van der Waals surface area contributed by atoms with Gasteiger partial charge in [-0.3, -0.25) is 9.59 Å². The Morgan fingerprint density at radius 1 is 0.375 bits per heavy atom. The minimum atomic E-state index is -0.817. The number of rotatable bonds is 48. The van der Waals surface area contributed by atoms with Gasteiger partial charge < -0.3 is 14.6 Å². The molecule has 0 heterocycles. The lowest BCUT2D eigenvalue weighted by atomic mass is 10.0. The van der Waals surface area contributed by atoms with Gasteiger partial charge in [0, 0.05) is 12.8 Å². The van der Waals surface area contributed by atoms with Gasteiger partial charge in [0.1, 0.15) is 6.61 Å². The number of esters is 2. The number of hydrogen-bond donors (Lipinski definition) is 1. The van der Waals surface area contributed by atoms with Gasteiger partial charge in [-0.15, -0.1) is 0 Å². The summed E-state index contributed by atoms with van der Waals surface area (Å²) in [5, 5.41) is 9.61. The Labute approximate surface area is 396 Å². The third-order valence-corrected chi connectivity index (χ3v) is 11.4. The van der Waals surface area contributed by atoms with Gasteiger partial charge in [-0.25, -0.2) is 0 Å². The van der Waals surface area contributed by atoms with E-state index in [9.17, 15) is 14.7 Å². The summed E-state index contributed by atoms with van der Waals surface area (Å²) < 4.78 is 10.6. The smallest absolute Gasteiger partial charge is 0.306 e. The van der Waals surface area contributed by atoms with Crippen molar-refractivity contribution in [3.63, 3.8) is 0 Å². The zero-order chi connectivity index (χ0) is 46.3. The van der Waals surface area contributed by atoms with E-state index < -0.39 is 12.1 Å². The number of aliphatic hydroxyl groups is 1. The largest absolute Gasteiger partial charge is 0.462 e. The maximum absolute atomic E-state index is 12.2. The van der Waals surface area contributed by atoms with Crippen LogP contribution >= 0.6 is 0 Å². The molecule has 0 rings (SSSR count). The summed E-state index contributed by atoms with van der Waals surface area (Å²) in [7, 11) is 0. The molecule has 0 saturated carbocycles. The molecule has 0 aliphatic rings. The third-order valence-electron chi connectivity index (χ3n) is 11.4. The van der Waals surface area contributed by atoms with Gasteiger partial charge in [0.25, 0.3) is 0 Å². The van der Waals surface area contributed by atoms with Crippen LogP contribution in [0, 0.1) is 0 Å². The van der Waals surface area contributed by atoms with Crippen LogP contribution in [0.5, 0.6) is 0 Å². The highest BCUT2D eigenvalue weighted by Gasteiger charge is 2.15. The monoisotopic (exact) mass is 889 g/mol. The van der Waals surface area contributed by atoms with E-state index in [2.05, 4.69) is 98.9 Å². The molecule has 5 heteroatoms. The Morgan fingerprint density at radius 3 is 1.08 bits per heavy atom. The molecule has 0 aromatic rings. The van der Waals surface area contributed by atoms with E-state index >= 15 is 0 Å². The minimum absolute atomic E-state index is 0.0994. The predicted molar refractivity (Wildman–Crippen MR) is 279 cm³/mol. The minimum Gasteiger partial charge on any atom is -0.462 e. The standard InChI is InChI=1S/C59H100O5/c1-3-5-7-9-11-13-15-17-19-21-23-24-25-26-27-28-29-30-31-32-33-34-36-37-39-41-43-45-47-49-51-53-58(61)63-56-57(55-60)64-59(62)54-52-50-48-46-44-42-40-38-35-22-20-18-16-14-12-10-8-6-4-2/h6,8,12,14-15,17-18,20-21,23,35,38,42,44,48,50,57,60H,3-5,7,9-11,13,16,19,22,24-34,36-37,39-41,43,45-47,49,51-56H2,1-2H3/b8-6-,14-12-,17-15-,20-18-,23-21-,38-35-,44-42-,50-48-. The molecule has 64 heavy (non-hydrogen) atoms. The average Bonchev–Trinajstić information content (AvgIpc) is 3.30.